The van der Waals surface area contributed by atoms with Crippen molar-refractivity contribution in [2.45, 2.75) is 25.5 Å². The summed E-state index contributed by atoms with van der Waals surface area (Å²) in [4.78, 5) is 9.40. The molecule has 3 heterocycles. The van der Waals surface area contributed by atoms with Crippen LogP contribution in [0.3, 0.4) is 0 Å². The second-order valence-corrected chi connectivity index (χ2v) is 6.48. The van der Waals surface area contributed by atoms with Gasteiger partial charge in [-0.25, -0.2) is 9.97 Å². The first-order valence-corrected chi connectivity index (χ1v) is 9.10. The van der Waals surface area contributed by atoms with Gasteiger partial charge in [-0.15, -0.1) is 12.4 Å². The standard InChI is InChI=1S/C20H24N4O2.ClH/c1-3-26-15-5-7-16-14(12-15)4-6-17(23-16)20-22-10-11-24(20)18-13-21-9-8-19(18)25-2;/h4-7,10-12,18-19,21H,3,8-9,13H2,1-2H3;1H/t18-,19+;/m1./s1. The van der Waals surface area contributed by atoms with Crippen LogP contribution in [0.25, 0.3) is 22.4 Å². The summed E-state index contributed by atoms with van der Waals surface area (Å²) < 4.78 is 13.5. The molecular formula is C20H25ClN4O2. The Balaban J connectivity index is 0.00000210. The van der Waals surface area contributed by atoms with E-state index in [1.807, 2.05) is 43.6 Å². The fourth-order valence-electron chi connectivity index (χ4n) is 3.63. The van der Waals surface area contributed by atoms with Gasteiger partial charge in [0.25, 0.3) is 0 Å². The maximum Gasteiger partial charge on any atom is 0.159 e. The summed E-state index contributed by atoms with van der Waals surface area (Å²) in [6.45, 7) is 4.49. The number of hydrogen-bond acceptors (Lipinski definition) is 5. The highest BCUT2D eigenvalue weighted by molar-refractivity contribution is 5.85. The largest absolute Gasteiger partial charge is 0.494 e. The first-order chi connectivity index (χ1) is 12.8. The monoisotopic (exact) mass is 388 g/mol. The molecule has 0 radical (unpaired) electrons. The van der Waals surface area contributed by atoms with Crippen molar-refractivity contribution in [1.29, 1.82) is 0 Å². The van der Waals surface area contributed by atoms with E-state index < -0.39 is 0 Å². The Morgan fingerprint density at radius 2 is 2.15 bits per heavy atom. The first-order valence-electron chi connectivity index (χ1n) is 9.10. The lowest BCUT2D eigenvalue weighted by Gasteiger charge is -2.32. The van der Waals surface area contributed by atoms with E-state index in [-0.39, 0.29) is 24.6 Å². The lowest BCUT2D eigenvalue weighted by Crippen LogP contribution is -2.42. The van der Waals surface area contributed by atoms with Crippen LogP contribution in [0.5, 0.6) is 5.75 Å². The Hall–Kier alpha value is -2.15. The fraction of sp³-hybridized carbons (Fsp3) is 0.400. The van der Waals surface area contributed by atoms with Gasteiger partial charge < -0.3 is 19.4 Å². The van der Waals surface area contributed by atoms with Gasteiger partial charge in [0.2, 0.25) is 0 Å². The number of pyridine rings is 1. The third-order valence-corrected chi connectivity index (χ3v) is 4.92. The highest BCUT2D eigenvalue weighted by Crippen LogP contribution is 2.28. The molecule has 0 aliphatic carbocycles. The van der Waals surface area contributed by atoms with E-state index in [0.29, 0.717) is 6.61 Å². The number of piperidine rings is 1. The van der Waals surface area contributed by atoms with Crippen LogP contribution in [0.1, 0.15) is 19.4 Å². The van der Waals surface area contributed by atoms with Gasteiger partial charge in [0.05, 0.1) is 24.3 Å². The SMILES string of the molecule is CCOc1ccc2nc(-c3nccn3[C@@H]3CNCC[C@@H]3OC)ccc2c1.Cl. The van der Waals surface area contributed by atoms with Crippen molar-refractivity contribution in [3.05, 3.63) is 42.7 Å². The molecule has 0 unspecified atom stereocenters. The van der Waals surface area contributed by atoms with E-state index in [0.717, 1.165) is 47.7 Å². The zero-order valence-corrected chi connectivity index (χ0v) is 16.4. The molecule has 1 fully saturated rings. The van der Waals surface area contributed by atoms with Gasteiger partial charge in [0.1, 0.15) is 11.4 Å². The number of fused-ring (bicyclic) bond motifs is 1. The van der Waals surface area contributed by atoms with Crippen LogP contribution in [0, 0.1) is 0 Å². The van der Waals surface area contributed by atoms with Crippen molar-refractivity contribution < 1.29 is 9.47 Å². The number of benzene rings is 1. The summed E-state index contributed by atoms with van der Waals surface area (Å²) in [5.41, 5.74) is 1.80. The molecule has 0 spiro atoms. The summed E-state index contributed by atoms with van der Waals surface area (Å²) >= 11 is 0. The van der Waals surface area contributed by atoms with Crippen LogP contribution >= 0.6 is 12.4 Å². The molecule has 2 atom stereocenters. The average molecular weight is 389 g/mol. The zero-order chi connectivity index (χ0) is 17.9. The van der Waals surface area contributed by atoms with Crippen LogP contribution in [0.2, 0.25) is 0 Å². The molecule has 27 heavy (non-hydrogen) atoms. The summed E-state index contributed by atoms with van der Waals surface area (Å²) in [5, 5.41) is 4.51. The van der Waals surface area contributed by atoms with E-state index in [9.17, 15) is 0 Å². The van der Waals surface area contributed by atoms with Gasteiger partial charge in [-0.05, 0) is 44.2 Å². The summed E-state index contributed by atoms with van der Waals surface area (Å²) in [6, 6.07) is 10.3. The molecule has 2 aromatic heterocycles. The first kappa shape index (κ1) is 19.6. The molecule has 0 saturated carbocycles. The third-order valence-electron chi connectivity index (χ3n) is 4.92. The highest BCUT2D eigenvalue weighted by atomic mass is 35.5. The molecule has 1 aliphatic rings. The minimum Gasteiger partial charge on any atom is -0.494 e. The lowest BCUT2D eigenvalue weighted by atomic mass is 10.0. The Morgan fingerprint density at radius 1 is 1.26 bits per heavy atom. The third kappa shape index (κ3) is 3.93. The van der Waals surface area contributed by atoms with Crippen LogP contribution < -0.4 is 10.1 Å². The number of ether oxygens (including phenoxy) is 2. The molecule has 6 nitrogen and oxygen atoms in total. The molecule has 144 valence electrons. The predicted octanol–water partition coefficient (Wildman–Crippen LogP) is 3.47. The summed E-state index contributed by atoms with van der Waals surface area (Å²) in [5.74, 6) is 1.74. The number of methoxy groups -OCH3 is 1. The predicted molar refractivity (Wildman–Crippen MR) is 109 cm³/mol. The van der Waals surface area contributed by atoms with E-state index >= 15 is 0 Å². The minimum atomic E-state index is 0. The molecule has 1 N–H and O–H groups in total. The summed E-state index contributed by atoms with van der Waals surface area (Å²) in [7, 11) is 1.78. The minimum absolute atomic E-state index is 0. The lowest BCUT2D eigenvalue weighted by molar-refractivity contribution is 0.0365. The maximum absolute atomic E-state index is 5.70. The smallest absolute Gasteiger partial charge is 0.159 e. The van der Waals surface area contributed by atoms with Gasteiger partial charge >= 0.3 is 0 Å². The second-order valence-electron chi connectivity index (χ2n) is 6.48. The molecule has 3 aromatic rings. The van der Waals surface area contributed by atoms with Crippen molar-refractivity contribution in [2.75, 3.05) is 26.8 Å². The molecule has 1 saturated heterocycles. The van der Waals surface area contributed by atoms with Crippen molar-refractivity contribution in [3.8, 4) is 17.3 Å². The molecule has 0 amide bonds. The number of aromatic nitrogens is 3. The number of hydrogen-bond donors (Lipinski definition) is 1. The fourth-order valence-corrected chi connectivity index (χ4v) is 3.63. The van der Waals surface area contributed by atoms with Crippen LogP contribution in [0.15, 0.2) is 42.7 Å². The van der Waals surface area contributed by atoms with Crippen LogP contribution in [-0.2, 0) is 4.74 Å². The van der Waals surface area contributed by atoms with Crippen molar-refractivity contribution >= 4 is 23.3 Å². The zero-order valence-electron chi connectivity index (χ0n) is 15.6. The number of rotatable bonds is 5. The molecule has 4 rings (SSSR count). The van der Waals surface area contributed by atoms with Crippen molar-refractivity contribution in [2.24, 2.45) is 0 Å². The van der Waals surface area contributed by atoms with Gasteiger partial charge in [0, 0.05) is 31.4 Å². The highest BCUT2D eigenvalue weighted by Gasteiger charge is 2.28. The summed E-state index contributed by atoms with van der Waals surface area (Å²) in [6.07, 6.45) is 5.02. The van der Waals surface area contributed by atoms with Gasteiger partial charge in [0.15, 0.2) is 5.82 Å². The van der Waals surface area contributed by atoms with Crippen molar-refractivity contribution in [1.82, 2.24) is 19.9 Å². The van der Waals surface area contributed by atoms with Crippen LogP contribution in [-0.4, -0.2) is 47.4 Å². The van der Waals surface area contributed by atoms with Gasteiger partial charge in [-0.2, -0.15) is 0 Å². The quantitative estimate of drug-likeness (QED) is 0.725. The Bertz CT molecular complexity index is 899. The Morgan fingerprint density at radius 3 is 2.96 bits per heavy atom. The van der Waals surface area contributed by atoms with E-state index in [1.54, 1.807) is 7.11 Å². The number of nitrogens with one attached hydrogen (secondary N) is 1. The normalized spacial score (nSPS) is 19.6. The van der Waals surface area contributed by atoms with Gasteiger partial charge in [-0.3, -0.25) is 0 Å². The molecule has 0 bridgehead atoms. The van der Waals surface area contributed by atoms with E-state index in [2.05, 4.69) is 20.9 Å². The average Bonchev–Trinajstić information content (AvgIpc) is 3.17. The van der Waals surface area contributed by atoms with E-state index in [4.69, 9.17) is 14.5 Å². The number of imidazole rings is 1. The van der Waals surface area contributed by atoms with Crippen molar-refractivity contribution in [3.63, 3.8) is 0 Å². The molecular weight excluding hydrogens is 364 g/mol. The Kier molecular flexibility index (Phi) is 6.31. The second kappa shape index (κ2) is 8.69. The molecule has 7 heteroatoms. The van der Waals surface area contributed by atoms with Gasteiger partial charge in [-0.1, -0.05) is 6.07 Å². The van der Waals surface area contributed by atoms with E-state index in [1.165, 1.54) is 0 Å². The number of halogens is 1. The topological polar surface area (TPSA) is 61.2 Å². The molecule has 1 aromatic carbocycles. The van der Waals surface area contributed by atoms with Crippen LogP contribution in [0.4, 0.5) is 0 Å². The number of nitrogens with zero attached hydrogens (tertiary/aromatic N) is 3. The maximum atomic E-state index is 5.70. The molecule has 1 aliphatic heterocycles. The Labute approximate surface area is 165 Å².